The Labute approximate surface area is 246 Å². The first-order valence-corrected chi connectivity index (χ1v) is 13.0. The van der Waals surface area contributed by atoms with E-state index in [-0.39, 0.29) is 25.0 Å². The third-order valence-electron chi connectivity index (χ3n) is 5.77. The minimum Gasteiger partial charge on any atom is -0.487 e. The van der Waals surface area contributed by atoms with E-state index >= 15 is 0 Å². The zero-order valence-corrected chi connectivity index (χ0v) is 22.8. The molecule has 0 aliphatic carbocycles. The Morgan fingerprint density at radius 2 is 1.86 bits per heavy atom. The van der Waals surface area contributed by atoms with Gasteiger partial charge in [-0.2, -0.15) is 5.26 Å². The molecular formula is C32H22ClFN6O2. The second-order valence-corrected chi connectivity index (χ2v) is 9.13. The van der Waals surface area contributed by atoms with E-state index in [2.05, 4.69) is 37.4 Å². The van der Waals surface area contributed by atoms with Gasteiger partial charge in [-0.25, -0.2) is 24.7 Å². The summed E-state index contributed by atoms with van der Waals surface area (Å²) in [7, 11) is 0. The molecule has 0 amide bonds. The number of nitrogens with zero attached hydrogens (tertiary/aromatic N) is 4. The highest BCUT2D eigenvalue weighted by Gasteiger charge is 2.09. The number of para-hydroxylation sites is 1. The van der Waals surface area contributed by atoms with Gasteiger partial charge in [-0.05, 0) is 66.2 Å². The standard InChI is InChI=1S/C32H22ClFN6O2/c33-28-18-25(12-14-30(28)41-19-23-6-4-8-24(34)16-23)40-31-27-17-22(11-13-29(27)38-21-39-31)7-5-15-36-32(37-20-35)42-26-9-2-1-3-10-26/h1-4,6,8-14,16-18,21H,15,19H2,(H,36,37)(H,38,39,40). The average Bonchev–Trinajstić information content (AvgIpc) is 3.00. The van der Waals surface area contributed by atoms with Gasteiger partial charge >= 0.3 is 6.02 Å². The number of aliphatic imine (C=N–C) groups is 1. The number of aromatic nitrogens is 2. The fraction of sp³-hybridized carbons (Fsp3) is 0.0625. The first-order chi connectivity index (χ1) is 20.6. The summed E-state index contributed by atoms with van der Waals surface area (Å²) in [5.41, 5.74) is 2.86. The van der Waals surface area contributed by atoms with Crippen molar-refractivity contribution in [2.75, 3.05) is 11.9 Å². The van der Waals surface area contributed by atoms with E-state index in [1.54, 1.807) is 36.4 Å². The molecule has 0 aliphatic heterocycles. The number of hydrogen-bond donors (Lipinski definition) is 2. The van der Waals surface area contributed by atoms with Crippen molar-refractivity contribution in [2.45, 2.75) is 6.61 Å². The molecule has 0 fully saturated rings. The number of nitriles is 1. The van der Waals surface area contributed by atoms with Crippen molar-refractivity contribution in [2.24, 2.45) is 4.99 Å². The van der Waals surface area contributed by atoms with Gasteiger partial charge in [0.15, 0.2) is 6.19 Å². The molecule has 42 heavy (non-hydrogen) atoms. The van der Waals surface area contributed by atoms with Gasteiger partial charge in [-0.15, -0.1) is 0 Å². The summed E-state index contributed by atoms with van der Waals surface area (Å²) in [5.74, 6) is 7.31. The maximum absolute atomic E-state index is 13.4. The van der Waals surface area contributed by atoms with Gasteiger partial charge in [-0.1, -0.05) is 53.8 Å². The zero-order valence-electron chi connectivity index (χ0n) is 22.0. The van der Waals surface area contributed by atoms with Crippen molar-refractivity contribution in [3.8, 4) is 29.5 Å². The molecule has 5 rings (SSSR count). The molecule has 0 bridgehead atoms. The van der Waals surface area contributed by atoms with Crippen LogP contribution < -0.4 is 20.1 Å². The summed E-state index contributed by atoms with van der Waals surface area (Å²) in [4.78, 5) is 13.0. The third-order valence-corrected chi connectivity index (χ3v) is 6.06. The van der Waals surface area contributed by atoms with Gasteiger partial charge < -0.3 is 14.8 Å². The molecule has 0 saturated carbocycles. The Bertz CT molecular complexity index is 1850. The average molecular weight is 577 g/mol. The fourth-order valence-electron chi connectivity index (χ4n) is 3.85. The van der Waals surface area contributed by atoms with Crippen LogP contribution in [-0.4, -0.2) is 22.5 Å². The quantitative estimate of drug-likeness (QED) is 0.0739. The number of anilines is 2. The number of rotatable bonds is 7. The molecule has 5 aromatic rings. The predicted octanol–water partition coefficient (Wildman–Crippen LogP) is 6.60. The maximum Gasteiger partial charge on any atom is 0.304 e. The van der Waals surface area contributed by atoms with E-state index in [9.17, 15) is 4.39 Å². The number of ether oxygens (including phenoxy) is 2. The number of benzene rings is 4. The van der Waals surface area contributed by atoms with E-state index in [1.165, 1.54) is 18.5 Å². The van der Waals surface area contributed by atoms with Crippen LogP contribution in [0.4, 0.5) is 15.9 Å². The minimum absolute atomic E-state index is 0.0560. The smallest absolute Gasteiger partial charge is 0.304 e. The number of fused-ring (bicyclic) bond motifs is 1. The van der Waals surface area contributed by atoms with Gasteiger partial charge in [0, 0.05) is 16.6 Å². The molecule has 0 spiro atoms. The number of nitrogens with one attached hydrogen (secondary N) is 2. The van der Waals surface area contributed by atoms with E-state index in [0.717, 1.165) is 16.5 Å². The van der Waals surface area contributed by atoms with Gasteiger partial charge in [0.05, 0.1) is 10.5 Å². The number of halogens is 2. The zero-order chi connectivity index (χ0) is 29.1. The summed E-state index contributed by atoms with van der Waals surface area (Å²) in [6.45, 7) is 0.295. The second-order valence-electron chi connectivity index (χ2n) is 8.72. The first-order valence-electron chi connectivity index (χ1n) is 12.7. The Hall–Kier alpha value is -5.64. The van der Waals surface area contributed by atoms with Crippen LogP contribution in [0.25, 0.3) is 10.9 Å². The van der Waals surface area contributed by atoms with E-state index in [1.807, 2.05) is 48.7 Å². The largest absolute Gasteiger partial charge is 0.487 e. The lowest BCUT2D eigenvalue weighted by Gasteiger charge is -2.12. The topological polar surface area (TPSA) is 104 Å². The Morgan fingerprint density at radius 3 is 2.67 bits per heavy atom. The molecule has 0 aliphatic rings. The van der Waals surface area contributed by atoms with Crippen molar-refractivity contribution in [3.63, 3.8) is 0 Å². The van der Waals surface area contributed by atoms with Crippen molar-refractivity contribution in [1.82, 2.24) is 15.3 Å². The molecule has 10 heteroatoms. The molecule has 4 aromatic carbocycles. The van der Waals surface area contributed by atoms with Crippen LogP contribution in [0, 0.1) is 29.1 Å². The summed E-state index contributed by atoms with van der Waals surface area (Å²) >= 11 is 6.46. The second kappa shape index (κ2) is 13.6. The van der Waals surface area contributed by atoms with Crippen LogP contribution in [0.1, 0.15) is 11.1 Å². The molecule has 0 radical (unpaired) electrons. The monoisotopic (exact) mass is 576 g/mol. The molecule has 0 unspecified atom stereocenters. The molecule has 1 aromatic heterocycles. The summed E-state index contributed by atoms with van der Waals surface area (Å²) in [6, 6.07) is 26.1. The normalized spacial score (nSPS) is 10.7. The van der Waals surface area contributed by atoms with Crippen LogP contribution in [0.15, 0.2) is 102 Å². The first kappa shape index (κ1) is 27.9. The molecular weight excluding hydrogens is 555 g/mol. The van der Waals surface area contributed by atoms with E-state index in [0.29, 0.717) is 33.6 Å². The van der Waals surface area contributed by atoms with Crippen molar-refractivity contribution < 1.29 is 13.9 Å². The van der Waals surface area contributed by atoms with Crippen molar-refractivity contribution in [3.05, 3.63) is 119 Å². The summed E-state index contributed by atoms with van der Waals surface area (Å²) < 4.78 is 24.8. The molecule has 206 valence electrons. The van der Waals surface area contributed by atoms with Gasteiger partial charge in [0.2, 0.25) is 0 Å². The van der Waals surface area contributed by atoms with E-state index in [4.69, 9.17) is 26.3 Å². The highest BCUT2D eigenvalue weighted by Crippen LogP contribution is 2.31. The Morgan fingerprint density at radius 1 is 0.976 bits per heavy atom. The molecule has 0 atom stereocenters. The van der Waals surface area contributed by atoms with Crippen molar-refractivity contribution >= 4 is 40.0 Å². The highest BCUT2D eigenvalue weighted by molar-refractivity contribution is 6.32. The van der Waals surface area contributed by atoms with Crippen molar-refractivity contribution in [1.29, 1.82) is 5.26 Å². The Kier molecular flexibility index (Phi) is 9.05. The minimum atomic E-state index is -0.322. The highest BCUT2D eigenvalue weighted by atomic mass is 35.5. The fourth-order valence-corrected chi connectivity index (χ4v) is 4.09. The van der Waals surface area contributed by atoms with Crippen LogP contribution in [0.5, 0.6) is 11.5 Å². The Balaban J connectivity index is 1.28. The van der Waals surface area contributed by atoms with Crippen LogP contribution in [-0.2, 0) is 6.61 Å². The SMILES string of the molecule is N#CNC(=NCC#Cc1ccc2ncnc(Nc3ccc(OCc4cccc(F)c4)c(Cl)c3)c2c1)Oc1ccccc1. The maximum atomic E-state index is 13.4. The van der Waals surface area contributed by atoms with Crippen LogP contribution >= 0.6 is 11.6 Å². The van der Waals surface area contributed by atoms with Gasteiger partial charge in [0.1, 0.15) is 42.6 Å². The third kappa shape index (κ3) is 7.51. The summed E-state index contributed by atoms with van der Waals surface area (Å²) in [5, 5.41) is 15.8. The van der Waals surface area contributed by atoms with Gasteiger partial charge in [-0.3, -0.25) is 0 Å². The lowest BCUT2D eigenvalue weighted by Crippen LogP contribution is -2.24. The number of hydrogen-bond acceptors (Lipinski definition) is 7. The predicted molar refractivity (Wildman–Crippen MR) is 160 cm³/mol. The lowest BCUT2D eigenvalue weighted by molar-refractivity contribution is 0.306. The number of amidine groups is 1. The molecule has 1 heterocycles. The van der Waals surface area contributed by atoms with Crippen LogP contribution in [0.2, 0.25) is 5.02 Å². The molecule has 2 N–H and O–H groups in total. The molecule has 8 nitrogen and oxygen atoms in total. The van der Waals surface area contributed by atoms with E-state index < -0.39 is 0 Å². The lowest BCUT2D eigenvalue weighted by atomic mass is 10.1. The van der Waals surface area contributed by atoms with Gasteiger partial charge in [0.25, 0.3) is 0 Å². The molecule has 0 saturated heterocycles. The van der Waals surface area contributed by atoms with Crippen LogP contribution in [0.3, 0.4) is 0 Å². The summed E-state index contributed by atoms with van der Waals surface area (Å²) in [6.07, 6.45) is 3.28.